The van der Waals surface area contributed by atoms with Gasteiger partial charge in [-0.05, 0) is 30.9 Å². The van der Waals surface area contributed by atoms with E-state index in [1.54, 1.807) is 35.0 Å². The average Bonchev–Trinajstić information content (AvgIpc) is 3.27. The van der Waals surface area contributed by atoms with Crippen LogP contribution in [0.5, 0.6) is 0 Å². The molecule has 0 aromatic heterocycles. The second-order valence-corrected chi connectivity index (χ2v) is 5.26. The Bertz CT molecular complexity index is 512. The predicted molar refractivity (Wildman–Crippen MR) is 75.9 cm³/mol. The number of amides is 2. The Kier molecular flexibility index (Phi) is 4.27. The molecule has 0 aliphatic heterocycles. The molecular formula is C15H20N2O3. The van der Waals surface area contributed by atoms with Crippen molar-refractivity contribution in [1.29, 1.82) is 0 Å². The number of benzene rings is 1. The van der Waals surface area contributed by atoms with Gasteiger partial charge in [0.25, 0.3) is 0 Å². The minimum absolute atomic E-state index is 0.000283. The molecule has 1 saturated carbocycles. The molecule has 0 radical (unpaired) electrons. The molecular weight excluding hydrogens is 256 g/mol. The van der Waals surface area contributed by atoms with Gasteiger partial charge in [0.05, 0.1) is 5.56 Å². The standard InChI is InChI=1S/C15H20N2O3/c1-16(15(20)17(2)12-7-8-12)10-9-11-5-3-4-6-13(11)14(18)19/h3-6,12H,7-10H2,1-2H3,(H,18,19). The number of carboxylic acid groups (broad SMARTS) is 1. The van der Waals surface area contributed by atoms with Gasteiger partial charge in [-0.25, -0.2) is 9.59 Å². The van der Waals surface area contributed by atoms with Crippen LogP contribution in [0.3, 0.4) is 0 Å². The molecule has 1 aliphatic rings. The molecule has 0 saturated heterocycles. The lowest BCUT2D eigenvalue weighted by Gasteiger charge is -2.25. The van der Waals surface area contributed by atoms with E-state index in [2.05, 4.69) is 0 Å². The zero-order valence-corrected chi connectivity index (χ0v) is 11.9. The van der Waals surface area contributed by atoms with Gasteiger partial charge in [-0.2, -0.15) is 0 Å². The monoisotopic (exact) mass is 276 g/mol. The van der Waals surface area contributed by atoms with E-state index in [1.807, 2.05) is 13.1 Å². The van der Waals surface area contributed by atoms with Gasteiger partial charge in [-0.15, -0.1) is 0 Å². The van der Waals surface area contributed by atoms with E-state index in [0.717, 1.165) is 18.4 Å². The molecule has 0 heterocycles. The maximum atomic E-state index is 12.1. The van der Waals surface area contributed by atoms with Crippen LogP contribution < -0.4 is 0 Å². The first-order valence-corrected chi connectivity index (χ1v) is 6.80. The molecule has 5 nitrogen and oxygen atoms in total. The quantitative estimate of drug-likeness (QED) is 0.895. The number of carbonyl (C=O) groups is 2. The molecule has 0 bridgehead atoms. The maximum absolute atomic E-state index is 12.1. The smallest absolute Gasteiger partial charge is 0.335 e. The minimum atomic E-state index is -0.926. The van der Waals surface area contributed by atoms with E-state index in [4.69, 9.17) is 5.11 Å². The molecule has 0 atom stereocenters. The number of rotatable bonds is 5. The number of hydrogen-bond acceptors (Lipinski definition) is 2. The van der Waals surface area contributed by atoms with E-state index in [9.17, 15) is 9.59 Å². The van der Waals surface area contributed by atoms with Crippen molar-refractivity contribution >= 4 is 12.0 Å². The molecule has 1 aromatic rings. The van der Waals surface area contributed by atoms with E-state index < -0.39 is 5.97 Å². The second-order valence-electron chi connectivity index (χ2n) is 5.26. The molecule has 1 aromatic carbocycles. The van der Waals surface area contributed by atoms with Crippen LogP contribution >= 0.6 is 0 Å². The first-order valence-electron chi connectivity index (χ1n) is 6.80. The second kappa shape index (κ2) is 5.94. The van der Waals surface area contributed by atoms with Crippen LogP contribution in [0, 0.1) is 0 Å². The van der Waals surface area contributed by atoms with Gasteiger partial charge in [-0.3, -0.25) is 0 Å². The molecule has 0 spiro atoms. The number of hydrogen-bond donors (Lipinski definition) is 1. The summed E-state index contributed by atoms with van der Waals surface area (Å²) in [5.74, 6) is -0.926. The first-order chi connectivity index (χ1) is 9.50. The third kappa shape index (κ3) is 3.29. The molecule has 1 N–H and O–H groups in total. The molecule has 2 rings (SSSR count). The van der Waals surface area contributed by atoms with Crippen LogP contribution in [0.25, 0.3) is 0 Å². The third-order valence-corrected chi connectivity index (χ3v) is 3.69. The zero-order chi connectivity index (χ0) is 14.7. The van der Waals surface area contributed by atoms with Crippen LogP contribution in [0.15, 0.2) is 24.3 Å². The number of carboxylic acids is 1. The summed E-state index contributed by atoms with van der Waals surface area (Å²) in [6, 6.07) is 7.31. The summed E-state index contributed by atoms with van der Waals surface area (Å²) in [5, 5.41) is 9.12. The van der Waals surface area contributed by atoms with Gasteiger partial charge >= 0.3 is 12.0 Å². The summed E-state index contributed by atoms with van der Waals surface area (Å²) >= 11 is 0. The highest BCUT2D eigenvalue weighted by Crippen LogP contribution is 2.26. The highest BCUT2D eigenvalue weighted by atomic mass is 16.4. The Labute approximate surface area is 118 Å². The van der Waals surface area contributed by atoms with Gasteiger partial charge in [-0.1, -0.05) is 18.2 Å². The van der Waals surface area contributed by atoms with Crippen molar-refractivity contribution in [2.24, 2.45) is 0 Å². The number of carbonyl (C=O) groups excluding carboxylic acids is 1. The summed E-state index contributed by atoms with van der Waals surface area (Å²) in [6.45, 7) is 0.514. The number of likely N-dealkylation sites (N-methyl/N-ethyl adjacent to an activating group) is 1. The van der Waals surface area contributed by atoms with E-state index in [0.29, 0.717) is 24.6 Å². The summed E-state index contributed by atoms with van der Waals surface area (Å²) in [6.07, 6.45) is 2.71. The van der Waals surface area contributed by atoms with Gasteiger partial charge in [0.15, 0.2) is 0 Å². The SMILES string of the molecule is CN(CCc1ccccc1C(=O)O)C(=O)N(C)C1CC1. The lowest BCUT2D eigenvalue weighted by molar-refractivity contribution is 0.0695. The predicted octanol–water partition coefficient (Wildman–Crippen LogP) is 2.07. The van der Waals surface area contributed by atoms with E-state index in [-0.39, 0.29) is 6.03 Å². The largest absolute Gasteiger partial charge is 0.478 e. The van der Waals surface area contributed by atoms with Crippen molar-refractivity contribution in [3.8, 4) is 0 Å². The average molecular weight is 276 g/mol. The van der Waals surface area contributed by atoms with Crippen molar-refractivity contribution in [1.82, 2.24) is 9.80 Å². The van der Waals surface area contributed by atoms with Crippen molar-refractivity contribution in [3.05, 3.63) is 35.4 Å². The third-order valence-electron chi connectivity index (χ3n) is 3.69. The van der Waals surface area contributed by atoms with Gasteiger partial charge in [0.2, 0.25) is 0 Å². The van der Waals surface area contributed by atoms with Crippen molar-refractivity contribution in [2.45, 2.75) is 25.3 Å². The van der Waals surface area contributed by atoms with Crippen molar-refractivity contribution in [3.63, 3.8) is 0 Å². The van der Waals surface area contributed by atoms with Crippen LogP contribution in [0.1, 0.15) is 28.8 Å². The molecule has 20 heavy (non-hydrogen) atoms. The van der Waals surface area contributed by atoms with Crippen LogP contribution in [0.2, 0.25) is 0 Å². The van der Waals surface area contributed by atoms with Gasteiger partial charge in [0, 0.05) is 26.7 Å². The first kappa shape index (κ1) is 14.4. The molecule has 5 heteroatoms. The van der Waals surface area contributed by atoms with E-state index >= 15 is 0 Å². The minimum Gasteiger partial charge on any atom is -0.478 e. The summed E-state index contributed by atoms with van der Waals surface area (Å²) in [4.78, 5) is 26.6. The normalized spacial score (nSPS) is 13.9. The molecule has 108 valence electrons. The Morgan fingerprint density at radius 1 is 1.25 bits per heavy atom. The van der Waals surface area contributed by atoms with Gasteiger partial charge in [0.1, 0.15) is 0 Å². The Balaban J connectivity index is 1.94. The number of nitrogens with zero attached hydrogens (tertiary/aromatic N) is 2. The van der Waals surface area contributed by atoms with Crippen molar-refractivity contribution < 1.29 is 14.7 Å². The van der Waals surface area contributed by atoms with Crippen LogP contribution in [0.4, 0.5) is 4.79 Å². The van der Waals surface area contributed by atoms with Crippen LogP contribution in [-0.2, 0) is 6.42 Å². The number of aromatic carboxylic acids is 1. The lowest BCUT2D eigenvalue weighted by Crippen LogP contribution is -2.40. The zero-order valence-electron chi connectivity index (χ0n) is 11.9. The Morgan fingerprint density at radius 2 is 1.90 bits per heavy atom. The highest BCUT2D eigenvalue weighted by molar-refractivity contribution is 5.89. The lowest BCUT2D eigenvalue weighted by atomic mass is 10.0. The fourth-order valence-corrected chi connectivity index (χ4v) is 2.22. The molecule has 1 aliphatic carbocycles. The Hall–Kier alpha value is -2.04. The Morgan fingerprint density at radius 3 is 2.50 bits per heavy atom. The summed E-state index contributed by atoms with van der Waals surface area (Å²) < 4.78 is 0. The summed E-state index contributed by atoms with van der Waals surface area (Å²) in [7, 11) is 3.58. The van der Waals surface area contributed by atoms with Crippen molar-refractivity contribution in [2.75, 3.05) is 20.6 Å². The summed E-state index contributed by atoms with van der Waals surface area (Å²) in [5.41, 5.74) is 1.07. The fraction of sp³-hybridized carbons (Fsp3) is 0.467. The molecule has 1 fully saturated rings. The van der Waals surface area contributed by atoms with Gasteiger partial charge < -0.3 is 14.9 Å². The topological polar surface area (TPSA) is 60.9 Å². The molecule has 2 amide bonds. The number of urea groups is 1. The maximum Gasteiger partial charge on any atom is 0.335 e. The highest BCUT2D eigenvalue weighted by Gasteiger charge is 2.30. The fourth-order valence-electron chi connectivity index (χ4n) is 2.22. The molecule has 0 unspecified atom stereocenters. The van der Waals surface area contributed by atoms with E-state index in [1.165, 1.54) is 0 Å². The van der Waals surface area contributed by atoms with Crippen LogP contribution in [-0.4, -0.2) is 53.6 Å².